The van der Waals surface area contributed by atoms with Gasteiger partial charge in [-0.15, -0.1) is 0 Å². The van der Waals surface area contributed by atoms with Crippen molar-refractivity contribution < 1.29 is 23.5 Å². The van der Waals surface area contributed by atoms with Crippen LogP contribution in [-0.4, -0.2) is 91.3 Å². The van der Waals surface area contributed by atoms with Crippen molar-refractivity contribution in [3.05, 3.63) is 35.6 Å². The van der Waals surface area contributed by atoms with Crippen molar-refractivity contribution in [2.45, 2.75) is 37.3 Å². The maximum Gasteiger partial charge on any atom is 0.321 e. The Balaban J connectivity index is 1.39. The number of halogens is 1. The van der Waals surface area contributed by atoms with E-state index < -0.39 is 0 Å². The van der Waals surface area contributed by atoms with Gasteiger partial charge in [0.2, 0.25) is 5.91 Å². The summed E-state index contributed by atoms with van der Waals surface area (Å²) in [7, 11) is 1.64. The molecule has 1 unspecified atom stereocenters. The van der Waals surface area contributed by atoms with Crippen LogP contribution in [0.2, 0.25) is 0 Å². The van der Waals surface area contributed by atoms with Gasteiger partial charge in [-0.1, -0.05) is 18.2 Å². The third kappa shape index (κ3) is 4.03. The molecule has 8 heteroatoms. The first-order valence-corrected chi connectivity index (χ1v) is 10.7. The summed E-state index contributed by atoms with van der Waals surface area (Å²) >= 11 is 0. The molecule has 0 radical (unpaired) electrons. The van der Waals surface area contributed by atoms with Gasteiger partial charge >= 0.3 is 6.03 Å². The SMILES string of the molecule is COCCN1CC2(CCOC2)N(C2CCN(C(=O)Cc3ccccc3F)CC2)C1=O. The number of urea groups is 1. The van der Waals surface area contributed by atoms with E-state index in [1.165, 1.54) is 6.07 Å². The monoisotopic (exact) mass is 419 g/mol. The van der Waals surface area contributed by atoms with Gasteiger partial charge in [-0.2, -0.15) is 0 Å². The molecule has 3 aliphatic heterocycles. The number of benzene rings is 1. The smallest absolute Gasteiger partial charge is 0.321 e. The van der Waals surface area contributed by atoms with Crippen LogP contribution in [0.3, 0.4) is 0 Å². The highest BCUT2D eigenvalue weighted by Crippen LogP contribution is 2.38. The summed E-state index contributed by atoms with van der Waals surface area (Å²) in [6.07, 6.45) is 2.38. The van der Waals surface area contributed by atoms with E-state index in [1.54, 1.807) is 30.2 Å². The summed E-state index contributed by atoms with van der Waals surface area (Å²) in [5.41, 5.74) is 0.157. The van der Waals surface area contributed by atoms with Crippen molar-refractivity contribution in [2.75, 3.05) is 53.1 Å². The molecular formula is C22H30FN3O4. The number of nitrogens with zero attached hydrogens (tertiary/aromatic N) is 3. The number of ether oxygens (including phenoxy) is 2. The second-order valence-corrected chi connectivity index (χ2v) is 8.47. The van der Waals surface area contributed by atoms with Crippen molar-refractivity contribution in [1.82, 2.24) is 14.7 Å². The summed E-state index contributed by atoms with van der Waals surface area (Å²) in [5.74, 6) is -0.408. The minimum absolute atomic E-state index is 0.0497. The molecule has 164 valence electrons. The van der Waals surface area contributed by atoms with E-state index in [2.05, 4.69) is 0 Å². The van der Waals surface area contributed by atoms with E-state index in [9.17, 15) is 14.0 Å². The van der Waals surface area contributed by atoms with Gasteiger partial charge in [0.05, 0.1) is 25.2 Å². The van der Waals surface area contributed by atoms with Crippen molar-refractivity contribution in [2.24, 2.45) is 0 Å². The molecule has 0 aliphatic carbocycles. The average Bonchev–Trinajstić information content (AvgIpc) is 3.32. The van der Waals surface area contributed by atoms with E-state index >= 15 is 0 Å². The lowest BCUT2D eigenvalue weighted by Gasteiger charge is -2.42. The molecule has 1 aromatic rings. The van der Waals surface area contributed by atoms with Crippen LogP contribution < -0.4 is 0 Å². The number of likely N-dealkylation sites (tertiary alicyclic amines) is 1. The van der Waals surface area contributed by atoms with Gasteiger partial charge in [0.15, 0.2) is 0 Å². The molecular weight excluding hydrogens is 389 g/mol. The van der Waals surface area contributed by atoms with Crippen LogP contribution in [0, 0.1) is 5.82 Å². The lowest BCUT2D eigenvalue weighted by molar-refractivity contribution is -0.132. The summed E-state index contributed by atoms with van der Waals surface area (Å²) in [6, 6.07) is 6.54. The normalized spacial score (nSPS) is 25.0. The van der Waals surface area contributed by atoms with Crippen molar-refractivity contribution in [1.29, 1.82) is 0 Å². The number of hydrogen-bond acceptors (Lipinski definition) is 4. The van der Waals surface area contributed by atoms with E-state index in [4.69, 9.17) is 9.47 Å². The first-order chi connectivity index (χ1) is 14.5. The molecule has 0 saturated carbocycles. The molecule has 7 nitrogen and oxygen atoms in total. The van der Waals surface area contributed by atoms with Gasteiger partial charge in [0.1, 0.15) is 5.82 Å². The minimum Gasteiger partial charge on any atom is -0.383 e. The number of carbonyl (C=O) groups is 2. The predicted molar refractivity (Wildman–Crippen MR) is 109 cm³/mol. The third-order valence-electron chi connectivity index (χ3n) is 6.60. The average molecular weight is 419 g/mol. The standard InChI is InChI=1S/C22H30FN3O4/c1-29-13-11-25-15-22(8-12-30-16-22)26(21(25)28)18-6-9-24(10-7-18)20(27)14-17-4-2-3-5-19(17)23/h2-5,18H,6-16H2,1H3. The van der Waals surface area contributed by atoms with Gasteiger partial charge < -0.3 is 24.2 Å². The zero-order valence-electron chi connectivity index (χ0n) is 17.5. The van der Waals surface area contributed by atoms with Crippen LogP contribution in [-0.2, 0) is 20.7 Å². The fraction of sp³-hybridized carbons (Fsp3) is 0.636. The number of piperidine rings is 1. The van der Waals surface area contributed by atoms with Crippen LogP contribution in [0.25, 0.3) is 0 Å². The lowest BCUT2D eigenvalue weighted by Crippen LogP contribution is -2.56. The second-order valence-electron chi connectivity index (χ2n) is 8.47. The molecule has 0 N–H and O–H groups in total. The molecule has 3 aliphatic rings. The number of methoxy groups -OCH3 is 1. The number of carbonyl (C=O) groups excluding carboxylic acids is 2. The van der Waals surface area contributed by atoms with E-state index in [1.807, 2.05) is 9.80 Å². The number of rotatable bonds is 6. The third-order valence-corrected chi connectivity index (χ3v) is 6.60. The van der Waals surface area contributed by atoms with Crippen LogP contribution in [0.1, 0.15) is 24.8 Å². The van der Waals surface area contributed by atoms with Crippen molar-refractivity contribution >= 4 is 11.9 Å². The Morgan fingerprint density at radius 3 is 2.73 bits per heavy atom. The highest BCUT2D eigenvalue weighted by Gasteiger charge is 2.54. The van der Waals surface area contributed by atoms with Crippen LogP contribution in [0.5, 0.6) is 0 Å². The molecule has 3 saturated heterocycles. The van der Waals surface area contributed by atoms with Gasteiger partial charge in [0.25, 0.3) is 0 Å². The van der Waals surface area contributed by atoms with Crippen molar-refractivity contribution in [3.63, 3.8) is 0 Å². The minimum atomic E-state index is -0.345. The zero-order chi connectivity index (χ0) is 21.1. The van der Waals surface area contributed by atoms with Crippen LogP contribution >= 0.6 is 0 Å². The maximum atomic E-state index is 13.9. The van der Waals surface area contributed by atoms with Crippen LogP contribution in [0.4, 0.5) is 9.18 Å². The maximum absolute atomic E-state index is 13.9. The summed E-state index contributed by atoms with van der Waals surface area (Å²) < 4.78 is 24.7. The van der Waals surface area contributed by atoms with Gasteiger partial charge in [0, 0.05) is 45.9 Å². The van der Waals surface area contributed by atoms with E-state index in [0.717, 1.165) is 19.3 Å². The highest BCUT2D eigenvalue weighted by atomic mass is 19.1. The molecule has 1 atom stereocenters. The highest BCUT2D eigenvalue weighted by molar-refractivity contribution is 5.80. The van der Waals surface area contributed by atoms with E-state index in [0.29, 0.717) is 51.6 Å². The first-order valence-electron chi connectivity index (χ1n) is 10.7. The molecule has 30 heavy (non-hydrogen) atoms. The molecule has 3 heterocycles. The summed E-state index contributed by atoms with van der Waals surface area (Å²) in [4.78, 5) is 31.6. The molecule has 0 bridgehead atoms. The number of amides is 3. The fourth-order valence-corrected chi connectivity index (χ4v) is 4.98. The predicted octanol–water partition coefficient (Wildman–Crippen LogP) is 1.90. The molecule has 1 spiro atoms. The molecule has 0 aromatic heterocycles. The van der Waals surface area contributed by atoms with Crippen molar-refractivity contribution in [3.8, 4) is 0 Å². The van der Waals surface area contributed by atoms with Gasteiger partial charge in [-0.3, -0.25) is 4.79 Å². The Morgan fingerprint density at radius 1 is 1.30 bits per heavy atom. The quantitative estimate of drug-likeness (QED) is 0.707. The first kappa shape index (κ1) is 21.1. The Morgan fingerprint density at radius 2 is 2.07 bits per heavy atom. The van der Waals surface area contributed by atoms with Crippen LogP contribution in [0.15, 0.2) is 24.3 Å². The number of hydrogen-bond donors (Lipinski definition) is 0. The summed E-state index contributed by atoms with van der Waals surface area (Å²) in [6.45, 7) is 4.15. The van der Waals surface area contributed by atoms with Gasteiger partial charge in [-0.05, 0) is 30.9 Å². The molecule has 3 amide bonds. The Bertz CT molecular complexity index is 775. The fourth-order valence-electron chi connectivity index (χ4n) is 4.98. The Labute approximate surface area is 176 Å². The summed E-state index contributed by atoms with van der Waals surface area (Å²) in [5, 5.41) is 0. The molecule has 4 rings (SSSR count). The van der Waals surface area contributed by atoms with E-state index in [-0.39, 0.29) is 35.8 Å². The second kappa shape index (κ2) is 8.89. The zero-order valence-corrected chi connectivity index (χ0v) is 17.5. The largest absolute Gasteiger partial charge is 0.383 e. The van der Waals surface area contributed by atoms with Gasteiger partial charge in [-0.25, -0.2) is 9.18 Å². The molecule has 3 fully saturated rings. The Hall–Kier alpha value is -2.19. The lowest BCUT2D eigenvalue weighted by atomic mass is 9.92. The topological polar surface area (TPSA) is 62.3 Å². The molecule has 1 aromatic carbocycles. The Kier molecular flexibility index (Phi) is 6.24.